The second-order valence-corrected chi connectivity index (χ2v) is 6.24. The van der Waals surface area contributed by atoms with Gasteiger partial charge in [0.15, 0.2) is 0 Å². The summed E-state index contributed by atoms with van der Waals surface area (Å²) < 4.78 is 67.3. The van der Waals surface area contributed by atoms with Gasteiger partial charge in [0.1, 0.15) is 0 Å². The van der Waals surface area contributed by atoms with E-state index < -0.39 is 21.8 Å². The smallest absolute Gasteiger partial charge is 0.385 e. The predicted octanol–water partition coefficient (Wildman–Crippen LogP) is 2.36. The molecule has 0 radical (unpaired) electrons. The molecular formula is C12H16F3NO3S. The van der Waals surface area contributed by atoms with Crippen molar-refractivity contribution in [2.45, 2.75) is 17.5 Å². The van der Waals surface area contributed by atoms with E-state index in [4.69, 9.17) is 4.74 Å². The van der Waals surface area contributed by atoms with Gasteiger partial charge in [-0.1, -0.05) is 0 Å². The number of sulfonamides is 1. The molecule has 0 bridgehead atoms. The quantitative estimate of drug-likeness (QED) is 0.758. The minimum atomic E-state index is -4.48. The van der Waals surface area contributed by atoms with Gasteiger partial charge >= 0.3 is 6.18 Å². The maximum Gasteiger partial charge on any atom is 0.416 e. The van der Waals surface area contributed by atoms with Crippen molar-refractivity contribution in [3.8, 4) is 0 Å². The number of methoxy groups -OCH3 is 1. The Bertz CT molecular complexity index is 526. The van der Waals surface area contributed by atoms with Crippen LogP contribution in [0.5, 0.6) is 0 Å². The summed E-state index contributed by atoms with van der Waals surface area (Å²) in [7, 11) is -0.889. The average molecular weight is 311 g/mol. The Morgan fingerprint density at radius 1 is 1.20 bits per heavy atom. The van der Waals surface area contributed by atoms with Crippen LogP contribution in [-0.2, 0) is 20.9 Å². The lowest BCUT2D eigenvalue weighted by atomic mass is 10.2. The van der Waals surface area contributed by atoms with Crippen molar-refractivity contribution < 1.29 is 26.3 Å². The van der Waals surface area contributed by atoms with Crippen LogP contribution in [0.15, 0.2) is 29.2 Å². The van der Waals surface area contributed by atoms with Gasteiger partial charge < -0.3 is 4.74 Å². The van der Waals surface area contributed by atoms with Gasteiger partial charge in [0.05, 0.1) is 10.5 Å². The molecule has 1 rings (SSSR count). The molecule has 0 heterocycles. The number of ether oxygens (including phenoxy) is 1. The van der Waals surface area contributed by atoms with E-state index >= 15 is 0 Å². The molecule has 20 heavy (non-hydrogen) atoms. The van der Waals surface area contributed by atoms with Crippen molar-refractivity contribution in [2.24, 2.45) is 0 Å². The van der Waals surface area contributed by atoms with Crippen LogP contribution in [0.4, 0.5) is 13.2 Å². The van der Waals surface area contributed by atoms with Crippen LogP contribution >= 0.6 is 0 Å². The second-order valence-electron chi connectivity index (χ2n) is 4.20. The molecule has 0 unspecified atom stereocenters. The van der Waals surface area contributed by atoms with Gasteiger partial charge in [-0.15, -0.1) is 0 Å². The molecule has 0 aliphatic carbocycles. The van der Waals surface area contributed by atoms with Crippen LogP contribution in [0.1, 0.15) is 12.0 Å². The largest absolute Gasteiger partial charge is 0.416 e. The highest BCUT2D eigenvalue weighted by Crippen LogP contribution is 2.30. The van der Waals surface area contributed by atoms with Gasteiger partial charge in [-0.3, -0.25) is 0 Å². The van der Waals surface area contributed by atoms with Crippen LogP contribution in [0.25, 0.3) is 0 Å². The van der Waals surface area contributed by atoms with E-state index in [1.165, 1.54) is 14.2 Å². The Labute approximate surface area is 116 Å². The van der Waals surface area contributed by atoms with Crippen molar-refractivity contribution in [3.63, 3.8) is 0 Å². The lowest BCUT2D eigenvalue weighted by molar-refractivity contribution is -0.137. The molecule has 0 aliphatic rings. The van der Waals surface area contributed by atoms with E-state index in [-0.39, 0.29) is 11.4 Å². The number of rotatable bonds is 6. The van der Waals surface area contributed by atoms with Crippen molar-refractivity contribution in [2.75, 3.05) is 27.3 Å². The fraction of sp³-hybridized carbons (Fsp3) is 0.500. The summed E-state index contributed by atoms with van der Waals surface area (Å²) in [5.74, 6) is 0. The number of hydrogen-bond donors (Lipinski definition) is 0. The number of halogens is 3. The zero-order chi connectivity index (χ0) is 15.4. The first kappa shape index (κ1) is 16.9. The highest BCUT2D eigenvalue weighted by molar-refractivity contribution is 7.89. The summed E-state index contributed by atoms with van der Waals surface area (Å²) >= 11 is 0. The maximum absolute atomic E-state index is 12.4. The van der Waals surface area contributed by atoms with Crippen molar-refractivity contribution in [1.82, 2.24) is 4.31 Å². The topological polar surface area (TPSA) is 46.6 Å². The summed E-state index contributed by atoms with van der Waals surface area (Å²) in [6.07, 6.45) is -3.97. The molecule has 0 spiro atoms. The van der Waals surface area contributed by atoms with Crippen LogP contribution in [0, 0.1) is 0 Å². The summed E-state index contributed by atoms with van der Waals surface area (Å²) in [6, 6.07) is 3.45. The SMILES string of the molecule is COCCCN(C)S(=O)(=O)c1ccc(C(F)(F)F)cc1. The number of benzene rings is 1. The first-order chi connectivity index (χ1) is 9.19. The van der Waals surface area contributed by atoms with Gasteiger partial charge in [-0.2, -0.15) is 13.2 Å². The van der Waals surface area contributed by atoms with E-state index in [1.807, 2.05) is 0 Å². The highest BCUT2D eigenvalue weighted by Gasteiger charge is 2.31. The molecule has 1 aromatic carbocycles. The Hall–Kier alpha value is -1.12. The molecule has 0 aromatic heterocycles. The van der Waals surface area contributed by atoms with Crippen LogP contribution in [0.3, 0.4) is 0 Å². The third-order valence-corrected chi connectivity index (χ3v) is 4.58. The molecule has 4 nitrogen and oxygen atoms in total. The molecule has 114 valence electrons. The van der Waals surface area contributed by atoms with E-state index in [9.17, 15) is 21.6 Å². The molecule has 0 N–H and O–H groups in total. The minimum absolute atomic E-state index is 0.162. The van der Waals surface area contributed by atoms with Gasteiger partial charge in [0, 0.05) is 27.3 Å². The molecule has 1 aromatic rings. The van der Waals surface area contributed by atoms with Gasteiger partial charge in [0.25, 0.3) is 0 Å². The molecule has 0 aliphatic heterocycles. The van der Waals surface area contributed by atoms with E-state index in [1.54, 1.807) is 0 Å². The molecule has 0 fully saturated rings. The molecule has 0 saturated heterocycles. The fourth-order valence-corrected chi connectivity index (χ4v) is 2.76. The molecule has 0 amide bonds. The van der Waals surface area contributed by atoms with Crippen LogP contribution in [-0.4, -0.2) is 40.0 Å². The molecule has 0 saturated carbocycles. The fourth-order valence-electron chi connectivity index (χ4n) is 1.55. The molecule has 8 heteroatoms. The van der Waals surface area contributed by atoms with E-state index in [2.05, 4.69) is 0 Å². The summed E-state index contributed by atoms with van der Waals surface area (Å²) in [5.41, 5.74) is -0.876. The zero-order valence-corrected chi connectivity index (χ0v) is 12.0. The number of alkyl halides is 3. The van der Waals surface area contributed by atoms with Crippen molar-refractivity contribution in [3.05, 3.63) is 29.8 Å². The Morgan fingerprint density at radius 2 is 1.75 bits per heavy atom. The summed E-state index contributed by atoms with van der Waals surface area (Å²) in [6.45, 7) is 0.643. The third-order valence-electron chi connectivity index (χ3n) is 2.71. The average Bonchev–Trinajstić information content (AvgIpc) is 2.38. The first-order valence-corrected chi connectivity index (χ1v) is 7.26. The van der Waals surface area contributed by atoms with Crippen molar-refractivity contribution >= 4 is 10.0 Å². The van der Waals surface area contributed by atoms with Crippen LogP contribution < -0.4 is 0 Å². The number of nitrogens with zero attached hydrogens (tertiary/aromatic N) is 1. The molecular weight excluding hydrogens is 295 g/mol. The van der Waals surface area contributed by atoms with Gasteiger partial charge in [-0.25, -0.2) is 12.7 Å². The summed E-state index contributed by atoms with van der Waals surface area (Å²) in [5, 5.41) is 0. The Morgan fingerprint density at radius 3 is 2.20 bits per heavy atom. The first-order valence-electron chi connectivity index (χ1n) is 5.82. The van der Waals surface area contributed by atoms with Gasteiger partial charge in [-0.05, 0) is 30.7 Å². The predicted molar refractivity (Wildman–Crippen MR) is 67.8 cm³/mol. The third kappa shape index (κ3) is 4.19. The maximum atomic E-state index is 12.4. The Kier molecular flexibility index (Phi) is 5.55. The van der Waals surface area contributed by atoms with E-state index in [0.29, 0.717) is 13.0 Å². The lowest BCUT2D eigenvalue weighted by Crippen LogP contribution is -2.28. The summed E-state index contributed by atoms with van der Waals surface area (Å²) in [4.78, 5) is -0.162. The Balaban J connectivity index is 2.87. The zero-order valence-electron chi connectivity index (χ0n) is 11.1. The highest BCUT2D eigenvalue weighted by atomic mass is 32.2. The minimum Gasteiger partial charge on any atom is -0.385 e. The normalized spacial score (nSPS) is 12.9. The van der Waals surface area contributed by atoms with Crippen molar-refractivity contribution in [1.29, 1.82) is 0 Å². The lowest BCUT2D eigenvalue weighted by Gasteiger charge is -2.17. The second kappa shape index (κ2) is 6.55. The standard InChI is InChI=1S/C12H16F3NO3S/c1-16(8-3-9-19-2)20(17,18)11-6-4-10(5-7-11)12(13,14)15/h4-7H,3,8-9H2,1-2H3. The van der Waals surface area contributed by atoms with Crippen LogP contribution in [0.2, 0.25) is 0 Å². The van der Waals surface area contributed by atoms with Gasteiger partial charge in [0.2, 0.25) is 10.0 Å². The molecule has 0 atom stereocenters. The monoisotopic (exact) mass is 311 g/mol. The van der Waals surface area contributed by atoms with E-state index in [0.717, 1.165) is 28.6 Å². The number of hydrogen-bond acceptors (Lipinski definition) is 3.